The summed E-state index contributed by atoms with van der Waals surface area (Å²) in [5.41, 5.74) is 0. The minimum Gasteiger partial charge on any atom is -0.482 e. The van der Waals surface area contributed by atoms with Crippen LogP contribution in [0, 0.1) is 0 Å². The Morgan fingerprint density at radius 1 is 0.719 bits per heavy atom. The molecule has 0 aliphatic heterocycles. The van der Waals surface area contributed by atoms with Gasteiger partial charge in [-0.2, -0.15) is 0 Å². The number of hydrogen-bond donors (Lipinski definition) is 2. The maximum atomic E-state index is 11.8. The summed E-state index contributed by atoms with van der Waals surface area (Å²) in [6.45, 7) is 0.983. The van der Waals surface area contributed by atoms with Crippen LogP contribution >= 0.6 is 55.1 Å². The molecular weight excluding hydrogens is 587 g/mol. The van der Waals surface area contributed by atoms with E-state index >= 15 is 0 Å². The molecule has 2 amide bonds. The van der Waals surface area contributed by atoms with Crippen LogP contribution in [0.15, 0.2) is 45.3 Å². The van der Waals surface area contributed by atoms with E-state index in [0.717, 1.165) is 34.6 Å². The van der Waals surface area contributed by atoms with Crippen molar-refractivity contribution in [3.05, 3.63) is 55.4 Å². The van der Waals surface area contributed by atoms with Gasteiger partial charge in [-0.3, -0.25) is 9.59 Å². The molecule has 0 aliphatic rings. The van der Waals surface area contributed by atoms with E-state index in [4.69, 9.17) is 32.7 Å². The molecule has 0 heterocycles. The highest BCUT2D eigenvalue weighted by molar-refractivity contribution is 9.10. The highest BCUT2D eigenvalue weighted by Crippen LogP contribution is 2.28. The number of amides is 2. The Balaban J connectivity index is 1.46. The summed E-state index contributed by atoms with van der Waals surface area (Å²) < 4.78 is 12.5. The molecule has 0 fully saturated rings. The van der Waals surface area contributed by atoms with E-state index in [2.05, 4.69) is 42.5 Å². The van der Waals surface area contributed by atoms with Gasteiger partial charge >= 0.3 is 0 Å². The molecule has 32 heavy (non-hydrogen) atoms. The van der Waals surface area contributed by atoms with E-state index in [1.165, 1.54) is 0 Å². The molecule has 0 saturated carbocycles. The molecule has 10 heteroatoms. The second-order valence-corrected chi connectivity index (χ2v) is 9.49. The van der Waals surface area contributed by atoms with E-state index in [-0.39, 0.29) is 25.0 Å². The number of ether oxygens (including phenoxy) is 2. The second-order valence-electron chi connectivity index (χ2n) is 6.84. The summed E-state index contributed by atoms with van der Waals surface area (Å²) in [6, 6.07) is 10.4. The molecule has 0 spiro atoms. The Hall–Kier alpha value is -1.48. The lowest BCUT2D eigenvalue weighted by atomic mass is 10.2. The number of nitrogens with one attached hydrogen (secondary N) is 2. The number of benzene rings is 2. The summed E-state index contributed by atoms with van der Waals surface area (Å²) in [6.07, 6.45) is 3.59. The molecule has 2 rings (SSSR count). The summed E-state index contributed by atoms with van der Waals surface area (Å²) in [5, 5.41) is 6.53. The van der Waals surface area contributed by atoms with Crippen LogP contribution in [0.2, 0.25) is 10.0 Å². The van der Waals surface area contributed by atoms with Crippen molar-refractivity contribution in [3.63, 3.8) is 0 Å². The van der Waals surface area contributed by atoms with Crippen LogP contribution in [0.1, 0.15) is 25.7 Å². The lowest BCUT2D eigenvalue weighted by molar-refractivity contribution is -0.123. The van der Waals surface area contributed by atoms with Gasteiger partial charge in [-0.15, -0.1) is 0 Å². The van der Waals surface area contributed by atoms with Crippen molar-refractivity contribution >= 4 is 66.9 Å². The van der Waals surface area contributed by atoms with Crippen molar-refractivity contribution in [2.24, 2.45) is 0 Å². The number of carbonyl (C=O) groups excluding carboxylic acids is 2. The van der Waals surface area contributed by atoms with E-state index in [1.807, 2.05) is 0 Å². The van der Waals surface area contributed by atoms with Crippen LogP contribution in [0.3, 0.4) is 0 Å². The Kier molecular flexibility index (Phi) is 12.2. The molecule has 174 valence electrons. The second kappa shape index (κ2) is 14.6. The van der Waals surface area contributed by atoms with Crippen LogP contribution in [0.4, 0.5) is 0 Å². The number of hydrogen-bond acceptors (Lipinski definition) is 4. The first-order valence-corrected chi connectivity index (χ1v) is 12.4. The fourth-order valence-electron chi connectivity index (χ4n) is 2.63. The third kappa shape index (κ3) is 10.4. The average Bonchev–Trinajstić information content (AvgIpc) is 2.74. The maximum Gasteiger partial charge on any atom is 0.257 e. The zero-order valence-corrected chi connectivity index (χ0v) is 21.9. The smallest absolute Gasteiger partial charge is 0.257 e. The summed E-state index contributed by atoms with van der Waals surface area (Å²) in [4.78, 5) is 23.7. The predicted molar refractivity (Wildman–Crippen MR) is 134 cm³/mol. The van der Waals surface area contributed by atoms with Crippen molar-refractivity contribution in [1.82, 2.24) is 10.6 Å². The van der Waals surface area contributed by atoms with E-state index in [9.17, 15) is 9.59 Å². The molecule has 2 N–H and O–H groups in total. The molecular formula is C22H24Br2Cl2N2O4. The monoisotopic (exact) mass is 608 g/mol. The Morgan fingerprint density at radius 2 is 1.12 bits per heavy atom. The Bertz CT molecular complexity index is 842. The topological polar surface area (TPSA) is 76.7 Å². The largest absolute Gasteiger partial charge is 0.482 e. The zero-order valence-electron chi connectivity index (χ0n) is 17.3. The molecule has 6 nitrogen and oxygen atoms in total. The van der Waals surface area contributed by atoms with Crippen LogP contribution in [-0.4, -0.2) is 38.1 Å². The third-order valence-corrected chi connectivity index (χ3v) is 5.83. The standard InChI is InChI=1S/C22H24Br2Cl2N2O4/c23-15-5-7-19(17(25)11-15)31-13-21(29)27-9-3-1-2-4-10-28-22(30)14-32-20-8-6-16(24)12-18(20)26/h5-8,11-12H,1-4,9-10,13-14H2,(H,27,29)(H,28,30). The predicted octanol–water partition coefficient (Wildman–Crippen LogP) is 5.77. The lowest BCUT2D eigenvalue weighted by Crippen LogP contribution is -2.30. The van der Waals surface area contributed by atoms with Gasteiger partial charge in [0.25, 0.3) is 11.8 Å². The van der Waals surface area contributed by atoms with Crippen LogP contribution in [0.25, 0.3) is 0 Å². The van der Waals surface area contributed by atoms with Crippen molar-refractivity contribution in [2.75, 3.05) is 26.3 Å². The lowest BCUT2D eigenvalue weighted by Gasteiger charge is -2.10. The number of carbonyl (C=O) groups is 2. The maximum absolute atomic E-state index is 11.8. The molecule has 0 atom stereocenters. The SMILES string of the molecule is O=C(COc1ccc(Br)cc1Cl)NCCCCCCNC(=O)COc1ccc(Br)cc1Cl. The van der Waals surface area contributed by atoms with E-state index < -0.39 is 0 Å². The van der Waals surface area contributed by atoms with Gasteiger partial charge in [-0.1, -0.05) is 67.9 Å². The van der Waals surface area contributed by atoms with Crippen molar-refractivity contribution in [1.29, 1.82) is 0 Å². The fraction of sp³-hybridized carbons (Fsp3) is 0.364. The molecule has 2 aromatic carbocycles. The Labute approximate surface area is 214 Å². The molecule has 0 bridgehead atoms. The van der Waals surface area contributed by atoms with Crippen molar-refractivity contribution in [3.8, 4) is 11.5 Å². The first-order valence-electron chi connectivity index (χ1n) is 10.0. The first kappa shape index (κ1) is 26.8. The summed E-state index contributed by atoms with van der Waals surface area (Å²) in [5.74, 6) is 0.555. The van der Waals surface area contributed by atoms with Crippen molar-refractivity contribution in [2.45, 2.75) is 25.7 Å². The molecule has 0 unspecified atom stereocenters. The van der Waals surface area contributed by atoms with Gasteiger partial charge in [0.2, 0.25) is 0 Å². The average molecular weight is 611 g/mol. The van der Waals surface area contributed by atoms with E-state index in [0.29, 0.717) is 34.6 Å². The Morgan fingerprint density at radius 3 is 1.50 bits per heavy atom. The highest BCUT2D eigenvalue weighted by atomic mass is 79.9. The van der Waals surface area contributed by atoms with Gasteiger partial charge in [0.05, 0.1) is 10.0 Å². The zero-order chi connectivity index (χ0) is 23.3. The van der Waals surface area contributed by atoms with Crippen LogP contribution in [-0.2, 0) is 9.59 Å². The molecule has 2 aromatic rings. The van der Waals surface area contributed by atoms with Crippen LogP contribution in [0.5, 0.6) is 11.5 Å². The van der Waals surface area contributed by atoms with E-state index in [1.54, 1.807) is 36.4 Å². The van der Waals surface area contributed by atoms with Gasteiger partial charge in [-0.25, -0.2) is 0 Å². The quantitative estimate of drug-likeness (QED) is 0.283. The van der Waals surface area contributed by atoms with Gasteiger partial charge in [-0.05, 0) is 49.2 Å². The normalized spacial score (nSPS) is 10.5. The van der Waals surface area contributed by atoms with Gasteiger partial charge in [0.1, 0.15) is 11.5 Å². The highest BCUT2D eigenvalue weighted by Gasteiger charge is 2.07. The van der Waals surface area contributed by atoms with Crippen LogP contribution < -0.4 is 20.1 Å². The summed E-state index contributed by atoms with van der Waals surface area (Å²) >= 11 is 18.7. The molecule has 0 saturated heterocycles. The minimum atomic E-state index is -0.192. The van der Waals surface area contributed by atoms with Gasteiger partial charge in [0, 0.05) is 22.0 Å². The number of rotatable bonds is 13. The minimum absolute atomic E-state index is 0.0824. The summed E-state index contributed by atoms with van der Waals surface area (Å²) in [7, 11) is 0. The number of unbranched alkanes of at least 4 members (excludes halogenated alkanes) is 3. The van der Waals surface area contributed by atoms with Crippen molar-refractivity contribution < 1.29 is 19.1 Å². The molecule has 0 radical (unpaired) electrons. The molecule has 0 aliphatic carbocycles. The van der Waals surface area contributed by atoms with Gasteiger partial charge in [0.15, 0.2) is 13.2 Å². The third-order valence-electron chi connectivity index (χ3n) is 4.25. The fourth-order valence-corrected chi connectivity index (χ4v) is 4.09. The number of halogens is 4. The first-order chi connectivity index (χ1) is 15.3. The van der Waals surface area contributed by atoms with Gasteiger partial charge < -0.3 is 20.1 Å². The molecule has 0 aromatic heterocycles.